The maximum absolute atomic E-state index is 5.23. The van der Waals surface area contributed by atoms with Crippen molar-refractivity contribution >= 4 is 23.1 Å². The number of nitrogens with two attached hydrogens (primary N) is 1. The molecule has 4 radical (unpaired) electrons. The van der Waals surface area contributed by atoms with E-state index in [9.17, 15) is 0 Å². The van der Waals surface area contributed by atoms with Crippen LogP contribution in [0.15, 0.2) is 0 Å². The van der Waals surface area contributed by atoms with Crippen LogP contribution in [-0.4, -0.2) is 46.6 Å². The van der Waals surface area contributed by atoms with Crippen LogP contribution in [0.3, 0.4) is 0 Å². The Hall–Kier alpha value is 0.0748. The minimum Gasteiger partial charge on any atom is -0.387 e. The van der Waals surface area contributed by atoms with Gasteiger partial charge in [0, 0.05) is 0 Å². The zero-order chi connectivity index (χ0) is 6.57. The van der Waals surface area contributed by atoms with E-state index in [4.69, 9.17) is 13.6 Å². The van der Waals surface area contributed by atoms with Crippen LogP contribution in [0.25, 0.3) is 0 Å². The summed E-state index contributed by atoms with van der Waals surface area (Å²) in [6, 6.07) is 0. The molecule has 40 valence electrons. The summed E-state index contributed by atoms with van der Waals surface area (Å²) in [5.41, 5.74) is 5.11. The summed E-state index contributed by atoms with van der Waals surface area (Å²) < 4.78 is 3.07. The SMILES string of the molecule is [B]N(C)[B]N(C)[B]N. The molecular formula is C2H8B3N3. The fourth-order valence-electron chi connectivity index (χ4n) is 0.326. The number of hydrogen-bond donors (Lipinski definition) is 1. The van der Waals surface area contributed by atoms with Crippen LogP contribution in [-0.2, 0) is 0 Å². The molecule has 0 rings (SSSR count). The second-order valence-electron chi connectivity index (χ2n) is 1.60. The summed E-state index contributed by atoms with van der Waals surface area (Å²) in [7, 11) is 11.8. The molecule has 0 aliphatic heterocycles. The van der Waals surface area contributed by atoms with Crippen molar-refractivity contribution in [2.24, 2.45) is 5.64 Å². The normalized spacial score (nSPS) is 10.1. The van der Waals surface area contributed by atoms with E-state index in [0.717, 1.165) is 0 Å². The van der Waals surface area contributed by atoms with Crippen molar-refractivity contribution in [3.63, 3.8) is 0 Å². The van der Waals surface area contributed by atoms with E-state index >= 15 is 0 Å². The predicted octanol–water partition coefficient (Wildman–Crippen LogP) is -2.04. The Labute approximate surface area is 53.2 Å². The summed E-state index contributed by atoms with van der Waals surface area (Å²) >= 11 is 0. The van der Waals surface area contributed by atoms with Crippen molar-refractivity contribution in [2.75, 3.05) is 14.1 Å². The second-order valence-corrected chi connectivity index (χ2v) is 1.60. The molecule has 0 saturated carbocycles. The number of rotatable bonds is 3. The van der Waals surface area contributed by atoms with E-state index in [2.05, 4.69) is 0 Å². The number of nitrogens with zero attached hydrogens (tertiary/aromatic N) is 2. The Morgan fingerprint density at radius 2 is 2.00 bits per heavy atom. The monoisotopic (exact) mass is 107 g/mol. The molecule has 0 heterocycles. The smallest absolute Gasteiger partial charge is 0.295 e. The molecule has 2 N–H and O–H groups in total. The molecule has 0 spiro atoms. The molecule has 0 bridgehead atoms. The molecule has 0 saturated heterocycles. The highest BCUT2D eigenvalue weighted by Crippen LogP contribution is 1.71. The van der Waals surface area contributed by atoms with Gasteiger partial charge >= 0.3 is 0 Å². The van der Waals surface area contributed by atoms with E-state index in [1.165, 1.54) is 12.3 Å². The van der Waals surface area contributed by atoms with Gasteiger partial charge in [-0.25, -0.2) is 0 Å². The third-order valence-electron chi connectivity index (χ3n) is 0.599. The van der Waals surface area contributed by atoms with Crippen LogP contribution >= 0.6 is 0 Å². The summed E-state index contributed by atoms with van der Waals surface area (Å²) in [5, 5.41) is 0. The van der Waals surface area contributed by atoms with Gasteiger partial charge in [0.05, 0.1) is 0 Å². The van der Waals surface area contributed by atoms with Gasteiger partial charge in [0.2, 0.25) is 0 Å². The highest BCUT2D eigenvalue weighted by molar-refractivity contribution is 6.50. The van der Waals surface area contributed by atoms with Crippen LogP contribution in [0.4, 0.5) is 0 Å². The Balaban J connectivity index is 3.10. The average Bonchev–Trinajstić information content (AvgIpc) is 1.65. The van der Waals surface area contributed by atoms with Gasteiger partial charge in [-0.2, -0.15) is 0 Å². The molecule has 0 aliphatic carbocycles. The lowest BCUT2D eigenvalue weighted by molar-refractivity contribution is 0.732. The van der Waals surface area contributed by atoms with Gasteiger partial charge in [-0.1, -0.05) is 0 Å². The molecule has 0 aromatic carbocycles. The Kier molecular flexibility index (Phi) is 4.04. The van der Waals surface area contributed by atoms with Crippen molar-refractivity contribution in [1.82, 2.24) is 9.44 Å². The predicted molar refractivity (Wildman–Crippen MR) is 37.0 cm³/mol. The van der Waals surface area contributed by atoms with Crippen molar-refractivity contribution in [3.05, 3.63) is 0 Å². The highest BCUT2D eigenvalue weighted by atomic mass is 15.1. The standard InChI is InChI=1S/C2H8B3N3/c1-7(3)5-8(2)4-6/h6H2,1-2H3. The first-order valence-electron chi connectivity index (χ1n) is 2.26. The van der Waals surface area contributed by atoms with Gasteiger partial charge < -0.3 is 15.1 Å². The van der Waals surface area contributed by atoms with Crippen molar-refractivity contribution < 1.29 is 0 Å². The minimum absolute atomic E-state index is 1.42. The molecule has 0 aromatic heterocycles. The van der Waals surface area contributed by atoms with Crippen LogP contribution in [0, 0.1) is 0 Å². The lowest BCUT2D eigenvalue weighted by Crippen LogP contribution is -2.41. The zero-order valence-electron chi connectivity index (χ0n) is 5.20. The molecule has 8 heavy (non-hydrogen) atoms. The molecule has 3 nitrogen and oxygen atoms in total. The van der Waals surface area contributed by atoms with Gasteiger partial charge in [-0.05, 0) is 14.1 Å². The third kappa shape index (κ3) is 4.24. The Morgan fingerprint density at radius 3 is 2.12 bits per heavy atom. The van der Waals surface area contributed by atoms with Gasteiger partial charge in [0.1, 0.15) is 0 Å². The van der Waals surface area contributed by atoms with Crippen LogP contribution < -0.4 is 5.64 Å². The molecule has 6 heteroatoms. The fraction of sp³-hybridized carbons (Fsp3) is 1.00. The van der Waals surface area contributed by atoms with Gasteiger partial charge in [-0.3, -0.25) is 0 Å². The Bertz CT molecular complexity index is 58.5. The summed E-state index contributed by atoms with van der Waals surface area (Å²) in [5.74, 6) is 0. The molecule has 0 aliphatic rings. The molecule has 0 atom stereocenters. The van der Waals surface area contributed by atoms with Gasteiger partial charge in [-0.15, -0.1) is 0 Å². The van der Waals surface area contributed by atoms with Crippen molar-refractivity contribution in [2.45, 2.75) is 0 Å². The molecule has 0 fully saturated rings. The average molecular weight is 107 g/mol. The molecular weight excluding hydrogens is 98.5 g/mol. The maximum atomic E-state index is 5.23. The maximum Gasteiger partial charge on any atom is 0.295 e. The van der Waals surface area contributed by atoms with E-state index in [1.807, 2.05) is 0 Å². The first-order chi connectivity index (χ1) is 3.66. The van der Waals surface area contributed by atoms with Crippen LogP contribution in [0.2, 0.25) is 0 Å². The quantitative estimate of drug-likeness (QED) is 0.421. The Morgan fingerprint density at radius 1 is 1.50 bits per heavy atom. The van der Waals surface area contributed by atoms with E-state index in [0.29, 0.717) is 0 Å². The van der Waals surface area contributed by atoms with E-state index in [-0.39, 0.29) is 0 Å². The highest BCUT2D eigenvalue weighted by Gasteiger charge is 1.99. The van der Waals surface area contributed by atoms with E-state index < -0.39 is 0 Å². The van der Waals surface area contributed by atoms with E-state index in [1.54, 1.807) is 26.4 Å². The summed E-state index contributed by atoms with van der Waals surface area (Å²) in [4.78, 5) is 0. The van der Waals surface area contributed by atoms with Gasteiger partial charge in [0.15, 0.2) is 7.98 Å². The summed E-state index contributed by atoms with van der Waals surface area (Å²) in [6.45, 7) is 0. The topological polar surface area (TPSA) is 32.5 Å². The third-order valence-corrected chi connectivity index (χ3v) is 0.599. The zero-order valence-corrected chi connectivity index (χ0v) is 5.20. The summed E-state index contributed by atoms with van der Waals surface area (Å²) in [6.07, 6.45) is 0. The van der Waals surface area contributed by atoms with Crippen molar-refractivity contribution in [1.29, 1.82) is 0 Å². The minimum atomic E-state index is 1.42. The lowest BCUT2D eigenvalue weighted by atomic mass is 9.92. The van der Waals surface area contributed by atoms with Crippen LogP contribution in [0.1, 0.15) is 0 Å². The first-order valence-corrected chi connectivity index (χ1v) is 2.26. The van der Waals surface area contributed by atoms with Crippen molar-refractivity contribution in [3.8, 4) is 0 Å². The molecule has 0 amide bonds. The fourth-order valence-corrected chi connectivity index (χ4v) is 0.326. The number of hydrogen-bond acceptors (Lipinski definition) is 3. The lowest BCUT2D eigenvalue weighted by Gasteiger charge is -2.15. The second kappa shape index (κ2) is 4.00. The molecule has 0 unspecified atom stereocenters. The largest absolute Gasteiger partial charge is 0.387 e. The first kappa shape index (κ1) is 8.07. The molecule has 0 aromatic rings. The van der Waals surface area contributed by atoms with Gasteiger partial charge in [0.25, 0.3) is 15.1 Å². The van der Waals surface area contributed by atoms with Crippen LogP contribution in [0.5, 0.6) is 0 Å².